The first-order valence-electron chi connectivity index (χ1n) is 10.2. The van der Waals surface area contributed by atoms with Crippen molar-refractivity contribution in [1.29, 1.82) is 0 Å². The van der Waals surface area contributed by atoms with Gasteiger partial charge < -0.3 is 14.4 Å². The molecule has 2 fully saturated rings. The zero-order valence-corrected chi connectivity index (χ0v) is 17.6. The third-order valence-electron chi connectivity index (χ3n) is 5.72. The lowest BCUT2D eigenvalue weighted by molar-refractivity contribution is -0.132. The predicted molar refractivity (Wildman–Crippen MR) is 114 cm³/mol. The van der Waals surface area contributed by atoms with E-state index in [9.17, 15) is 18.0 Å². The molecule has 2 saturated heterocycles. The number of para-hydroxylation sites is 1. The molecule has 8 nitrogen and oxygen atoms in total. The monoisotopic (exact) mass is 430 g/mol. The number of aromatic nitrogens is 1. The van der Waals surface area contributed by atoms with Crippen LogP contribution in [0.1, 0.15) is 12.8 Å². The highest BCUT2D eigenvalue weighted by Gasteiger charge is 2.28. The summed E-state index contributed by atoms with van der Waals surface area (Å²) in [5, 5.41) is 0. The molecule has 4 rings (SSSR count). The largest absolute Gasteiger partial charge is 0.368 e. The molecular formula is C21H26N4O4S. The Labute approximate surface area is 176 Å². The molecular weight excluding hydrogens is 404 g/mol. The van der Waals surface area contributed by atoms with Gasteiger partial charge in [-0.2, -0.15) is 4.31 Å². The van der Waals surface area contributed by atoms with Crippen LogP contribution in [0, 0.1) is 0 Å². The topological polar surface area (TPSA) is 82.9 Å². The summed E-state index contributed by atoms with van der Waals surface area (Å²) in [6, 6.07) is 12.6. The van der Waals surface area contributed by atoms with Gasteiger partial charge in [0, 0.05) is 57.2 Å². The van der Waals surface area contributed by atoms with Gasteiger partial charge in [0.2, 0.25) is 15.9 Å². The Morgan fingerprint density at radius 2 is 1.53 bits per heavy atom. The van der Waals surface area contributed by atoms with E-state index in [-0.39, 0.29) is 22.9 Å². The SMILES string of the molecule is O=C(Cn1cc(S(=O)(=O)N2CCCC2)ccc1=O)N1CCN(c2ccccc2)CC1. The van der Waals surface area contributed by atoms with E-state index in [1.165, 1.54) is 27.2 Å². The molecule has 0 aliphatic carbocycles. The van der Waals surface area contributed by atoms with Crippen LogP contribution in [0.5, 0.6) is 0 Å². The molecule has 1 amide bonds. The summed E-state index contributed by atoms with van der Waals surface area (Å²) in [4.78, 5) is 29.0. The fraction of sp³-hybridized carbons (Fsp3) is 0.429. The van der Waals surface area contributed by atoms with Crippen LogP contribution >= 0.6 is 0 Å². The fourth-order valence-electron chi connectivity index (χ4n) is 3.96. The van der Waals surface area contributed by atoms with E-state index >= 15 is 0 Å². The second kappa shape index (κ2) is 8.61. The third-order valence-corrected chi connectivity index (χ3v) is 7.60. The molecule has 2 aliphatic rings. The van der Waals surface area contributed by atoms with Crippen molar-refractivity contribution in [2.75, 3.05) is 44.2 Å². The van der Waals surface area contributed by atoms with Crippen molar-refractivity contribution in [1.82, 2.24) is 13.8 Å². The van der Waals surface area contributed by atoms with Gasteiger partial charge in [-0.3, -0.25) is 9.59 Å². The van der Waals surface area contributed by atoms with Crippen LogP contribution < -0.4 is 10.5 Å². The first-order valence-corrected chi connectivity index (χ1v) is 11.7. The van der Waals surface area contributed by atoms with Gasteiger partial charge in [0.1, 0.15) is 6.54 Å². The van der Waals surface area contributed by atoms with Crippen LogP contribution in [0.2, 0.25) is 0 Å². The second-order valence-electron chi connectivity index (χ2n) is 7.65. The van der Waals surface area contributed by atoms with Gasteiger partial charge in [0.25, 0.3) is 5.56 Å². The fourth-order valence-corrected chi connectivity index (χ4v) is 5.50. The number of pyridine rings is 1. The Hall–Kier alpha value is -2.65. The van der Waals surface area contributed by atoms with E-state index in [1.54, 1.807) is 4.90 Å². The van der Waals surface area contributed by atoms with Crippen molar-refractivity contribution < 1.29 is 13.2 Å². The number of amides is 1. The number of hydrogen-bond acceptors (Lipinski definition) is 5. The maximum Gasteiger partial charge on any atom is 0.251 e. The van der Waals surface area contributed by atoms with Crippen LogP contribution in [0.25, 0.3) is 0 Å². The summed E-state index contributed by atoms with van der Waals surface area (Å²) < 4.78 is 28.2. The van der Waals surface area contributed by atoms with Crippen LogP contribution in [0.3, 0.4) is 0 Å². The van der Waals surface area contributed by atoms with Crippen LogP contribution in [-0.2, 0) is 21.4 Å². The van der Waals surface area contributed by atoms with Crippen molar-refractivity contribution in [2.45, 2.75) is 24.3 Å². The Morgan fingerprint density at radius 1 is 0.867 bits per heavy atom. The Morgan fingerprint density at radius 3 is 2.20 bits per heavy atom. The molecule has 30 heavy (non-hydrogen) atoms. The lowest BCUT2D eigenvalue weighted by atomic mass is 10.2. The van der Waals surface area contributed by atoms with Crippen LogP contribution in [0.4, 0.5) is 5.69 Å². The molecule has 3 heterocycles. The molecule has 0 bridgehead atoms. The van der Waals surface area contributed by atoms with E-state index in [4.69, 9.17) is 0 Å². The minimum atomic E-state index is -3.63. The highest BCUT2D eigenvalue weighted by atomic mass is 32.2. The smallest absolute Gasteiger partial charge is 0.251 e. The van der Waals surface area contributed by atoms with Crippen molar-refractivity contribution in [3.05, 3.63) is 59.0 Å². The number of carbonyl (C=O) groups is 1. The molecule has 0 unspecified atom stereocenters. The van der Waals surface area contributed by atoms with E-state index < -0.39 is 10.0 Å². The van der Waals surface area contributed by atoms with E-state index in [0.717, 1.165) is 18.5 Å². The van der Waals surface area contributed by atoms with Gasteiger partial charge in [-0.25, -0.2) is 8.42 Å². The Bertz CT molecular complexity index is 1050. The molecule has 0 spiro atoms. The first kappa shape index (κ1) is 20.6. The summed E-state index contributed by atoms with van der Waals surface area (Å²) >= 11 is 0. The second-order valence-corrected chi connectivity index (χ2v) is 9.58. The number of anilines is 1. The standard InChI is InChI=1S/C21H26N4O4S/c26-20-9-8-19(30(28,29)25-10-4-5-11-25)16-24(20)17-21(27)23-14-12-22(13-15-23)18-6-2-1-3-7-18/h1-3,6-9,16H,4-5,10-15,17H2. The summed E-state index contributed by atoms with van der Waals surface area (Å²) in [6.07, 6.45) is 2.98. The molecule has 0 saturated carbocycles. The predicted octanol–water partition coefficient (Wildman–Crippen LogP) is 0.982. The van der Waals surface area contributed by atoms with Crippen LogP contribution in [-0.4, -0.2) is 67.4 Å². The van der Waals surface area contributed by atoms with Crippen molar-refractivity contribution in [3.8, 4) is 0 Å². The summed E-state index contributed by atoms with van der Waals surface area (Å²) in [7, 11) is -3.63. The molecule has 9 heteroatoms. The lowest BCUT2D eigenvalue weighted by Crippen LogP contribution is -2.50. The molecule has 2 aromatic rings. The van der Waals surface area contributed by atoms with Gasteiger partial charge in [-0.15, -0.1) is 0 Å². The van der Waals surface area contributed by atoms with Gasteiger partial charge >= 0.3 is 0 Å². The number of rotatable bonds is 5. The number of hydrogen-bond donors (Lipinski definition) is 0. The molecule has 1 aromatic heterocycles. The normalized spacial score (nSPS) is 18.0. The maximum atomic E-state index is 12.8. The number of piperazine rings is 1. The minimum Gasteiger partial charge on any atom is -0.368 e. The molecule has 2 aliphatic heterocycles. The number of carbonyl (C=O) groups excluding carboxylic acids is 1. The van der Waals surface area contributed by atoms with E-state index in [2.05, 4.69) is 4.90 Å². The first-order chi connectivity index (χ1) is 14.4. The summed E-state index contributed by atoms with van der Waals surface area (Å²) in [5.74, 6) is -0.180. The highest BCUT2D eigenvalue weighted by Crippen LogP contribution is 2.20. The summed E-state index contributed by atoms with van der Waals surface area (Å²) in [6.45, 7) is 3.39. The Balaban J connectivity index is 1.43. The van der Waals surface area contributed by atoms with Gasteiger partial charge in [0.05, 0.1) is 4.90 Å². The lowest BCUT2D eigenvalue weighted by Gasteiger charge is -2.36. The van der Waals surface area contributed by atoms with Crippen molar-refractivity contribution in [2.24, 2.45) is 0 Å². The highest BCUT2D eigenvalue weighted by molar-refractivity contribution is 7.89. The van der Waals surface area contributed by atoms with E-state index in [0.29, 0.717) is 39.3 Å². The molecule has 0 N–H and O–H groups in total. The van der Waals surface area contributed by atoms with Gasteiger partial charge in [-0.05, 0) is 31.0 Å². The maximum absolute atomic E-state index is 12.8. The Kier molecular flexibility index (Phi) is 5.92. The minimum absolute atomic E-state index is 0.0608. The molecule has 0 atom stereocenters. The molecule has 0 radical (unpaired) electrons. The van der Waals surface area contributed by atoms with Crippen LogP contribution in [0.15, 0.2) is 58.4 Å². The molecule has 160 valence electrons. The van der Waals surface area contributed by atoms with Gasteiger partial charge in [-0.1, -0.05) is 18.2 Å². The van der Waals surface area contributed by atoms with Crippen molar-refractivity contribution >= 4 is 21.6 Å². The zero-order valence-electron chi connectivity index (χ0n) is 16.8. The average Bonchev–Trinajstić information content (AvgIpc) is 3.32. The van der Waals surface area contributed by atoms with Gasteiger partial charge in [0.15, 0.2) is 0 Å². The average molecular weight is 431 g/mol. The zero-order chi connectivity index (χ0) is 21.1. The number of benzene rings is 1. The summed E-state index contributed by atoms with van der Waals surface area (Å²) in [5.41, 5.74) is 0.743. The van der Waals surface area contributed by atoms with Crippen molar-refractivity contribution in [3.63, 3.8) is 0 Å². The van der Waals surface area contributed by atoms with E-state index in [1.807, 2.05) is 30.3 Å². The quantitative estimate of drug-likeness (QED) is 0.706. The molecule has 1 aromatic carbocycles. The third kappa shape index (κ3) is 4.27. The number of nitrogens with zero attached hydrogens (tertiary/aromatic N) is 4. The number of sulfonamides is 1.